The lowest BCUT2D eigenvalue weighted by Crippen LogP contribution is -2.31. The Balaban J connectivity index is 1.66. The van der Waals surface area contributed by atoms with Gasteiger partial charge in [0.25, 0.3) is 5.91 Å². The van der Waals surface area contributed by atoms with Gasteiger partial charge in [-0.25, -0.2) is 9.37 Å². The van der Waals surface area contributed by atoms with Crippen molar-refractivity contribution in [2.45, 2.75) is 12.6 Å². The van der Waals surface area contributed by atoms with Crippen LogP contribution in [0.5, 0.6) is 11.5 Å². The van der Waals surface area contributed by atoms with Gasteiger partial charge in [0.05, 0.1) is 43.2 Å². The largest absolute Gasteiger partial charge is 0.497 e. The van der Waals surface area contributed by atoms with Crippen molar-refractivity contribution in [3.63, 3.8) is 0 Å². The molecule has 0 fully saturated rings. The monoisotopic (exact) mass is 419 g/mol. The number of hydrogen-bond donors (Lipinski definition) is 1. The molecule has 0 radical (unpaired) electrons. The number of nitrogens with zero attached hydrogens (tertiary/aromatic N) is 2. The fourth-order valence-corrected chi connectivity index (χ4v) is 3.50. The molecule has 0 aliphatic heterocycles. The molecule has 3 aromatic carbocycles. The van der Waals surface area contributed by atoms with Crippen LogP contribution in [0.25, 0.3) is 11.0 Å². The van der Waals surface area contributed by atoms with Crippen molar-refractivity contribution in [3.8, 4) is 11.5 Å². The molecule has 1 N–H and O–H groups in total. The van der Waals surface area contributed by atoms with E-state index in [4.69, 9.17) is 9.47 Å². The number of methoxy groups -OCH3 is 2. The fourth-order valence-electron chi connectivity index (χ4n) is 3.50. The van der Waals surface area contributed by atoms with E-state index >= 15 is 0 Å². The summed E-state index contributed by atoms with van der Waals surface area (Å²) in [5, 5.41) is 3.05. The number of aromatic nitrogens is 2. The number of benzene rings is 3. The number of hydrogen-bond acceptors (Lipinski definition) is 4. The molecule has 0 aliphatic carbocycles. The normalized spacial score (nSPS) is 11.8. The zero-order valence-corrected chi connectivity index (χ0v) is 17.2. The predicted molar refractivity (Wildman–Crippen MR) is 116 cm³/mol. The highest BCUT2D eigenvalue weighted by atomic mass is 19.1. The molecule has 6 nitrogen and oxygen atoms in total. The number of imidazole rings is 1. The first-order chi connectivity index (χ1) is 15.1. The van der Waals surface area contributed by atoms with E-state index in [0.29, 0.717) is 23.6 Å². The van der Waals surface area contributed by atoms with Gasteiger partial charge in [0.15, 0.2) is 0 Å². The van der Waals surface area contributed by atoms with Crippen molar-refractivity contribution in [2.75, 3.05) is 14.2 Å². The van der Waals surface area contributed by atoms with Gasteiger partial charge in [0.2, 0.25) is 0 Å². The third-order valence-electron chi connectivity index (χ3n) is 5.14. The van der Waals surface area contributed by atoms with Gasteiger partial charge in [0.1, 0.15) is 17.3 Å². The maximum absolute atomic E-state index is 13.5. The summed E-state index contributed by atoms with van der Waals surface area (Å²) in [5.74, 6) is 0.355. The maximum atomic E-state index is 13.5. The van der Waals surface area contributed by atoms with Crippen LogP contribution in [0, 0.1) is 5.82 Å². The van der Waals surface area contributed by atoms with Gasteiger partial charge in [-0.15, -0.1) is 0 Å². The van der Waals surface area contributed by atoms with Gasteiger partial charge in [-0.2, -0.15) is 0 Å². The van der Waals surface area contributed by atoms with Crippen LogP contribution in [-0.2, 0) is 6.54 Å². The SMILES string of the molecule is COc1ccc(C(=O)NC(Cn2cnc3ccccc32)c2ccc(F)cc2)c(OC)c1. The van der Waals surface area contributed by atoms with Gasteiger partial charge in [-0.3, -0.25) is 4.79 Å². The maximum Gasteiger partial charge on any atom is 0.255 e. The van der Waals surface area contributed by atoms with Crippen LogP contribution in [0.4, 0.5) is 4.39 Å². The number of carbonyl (C=O) groups excluding carboxylic acids is 1. The van der Waals surface area contributed by atoms with Crippen LogP contribution in [0.15, 0.2) is 73.1 Å². The molecule has 0 saturated heterocycles. The molecule has 0 bridgehead atoms. The Morgan fingerprint density at radius 1 is 1.06 bits per heavy atom. The Labute approximate surface area is 179 Å². The molecule has 4 aromatic rings. The summed E-state index contributed by atoms with van der Waals surface area (Å²) >= 11 is 0. The first-order valence-corrected chi connectivity index (χ1v) is 9.77. The second kappa shape index (κ2) is 8.87. The molecule has 1 unspecified atom stereocenters. The molecule has 0 aliphatic rings. The van der Waals surface area contributed by atoms with Crippen molar-refractivity contribution in [1.82, 2.24) is 14.9 Å². The lowest BCUT2D eigenvalue weighted by Gasteiger charge is -2.21. The Hall–Kier alpha value is -3.87. The Kier molecular flexibility index (Phi) is 5.84. The second-order valence-corrected chi connectivity index (χ2v) is 7.03. The average molecular weight is 419 g/mol. The summed E-state index contributed by atoms with van der Waals surface area (Å²) in [5.41, 5.74) is 2.97. The number of carbonyl (C=O) groups is 1. The van der Waals surface area contributed by atoms with Crippen molar-refractivity contribution in [3.05, 3.63) is 90.0 Å². The standard InChI is InChI=1S/C24H22FN3O3/c1-30-18-11-12-19(23(13-18)31-2)24(29)27-21(16-7-9-17(25)10-8-16)14-28-15-26-20-5-3-4-6-22(20)28/h3-13,15,21H,14H2,1-2H3,(H,27,29). The molecule has 1 heterocycles. The van der Waals surface area contributed by atoms with Gasteiger partial charge in [-0.05, 0) is 42.0 Å². The summed E-state index contributed by atoms with van der Waals surface area (Å²) in [6.07, 6.45) is 1.74. The molecular formula is C24H22FN3O3. The smallest absolute Gasteiger partial charge is 0.255 e. The third-order valence-corrected chi connectivity index (χ3v) is 5.14. The number of fused-ring (bicyclic) bond motifs is 1. The number of para-hydroxylation sites is 2. The highest BCUT2D eigenvalue weighted by molar-refractivity contribution is 5.97. The third kappa shape index (κ3) is 4.35. The minimum Gasteiger partial charge on any atom is -0.497 e. The number of rotatable bonds is 7. The van der Waals surface area contributed by atoms with Crippen LogP contribution in [0.2, 0.25) is 0 Å². The molecule has 1 atom stereocenters. The van der Waals surface area contributed by atoms with E-state index in [9.17, 15) is 9.18 Å². The Morgan fingerprint density at radius 3 is 2.58 bits per heavy atom. The molecule has 158 valence electrons. The van der Waals surface area contributed by atoms with Gasteiger partial charge < -0.3 is 19.4 Å². The van der Waals surface area contributed by atoms with E-state index in [1.54, 1.807) is 43.8 Å². The van der Waals surface area contributed by atoms with E-state index < -0.39 is 6.04 Å². The molecule has 1 aromatic heterocycles. The molecule has 4 rings (SSSR count). The minimum atomic E-state index is -0.419. The summed E-state index contributed by atoms with van der Waals surface area (Å²) in [4.78, 5) is 17.6. The van der Waals surface area contributed by atoms with Gasteiger partial charge in [0, 0.05) is 12.6 Å². The summed E-state index contributed by atoms with van der Waals surface area (Å²) in [6, 6.07) is 18.5. The summed E-state index contributed by atoms with van der Waals surface area (Å²) < 4.78 is 26.0. The summed E-state index contributed by atoms with van der Waals surface area (Å²) in [7, 11) is 3.05. The quantitative estimate of drug-likeness (QED) is 0.483. The average Bonchev–Trinajstić information content (AvgIpc) is 3.21. The minimum absolute atomic E-state index is 0.307. The van der Waals surface area contributed by atoms with Crippen molar-refractivity contribution >= 4 is 16.9 Å². The van der Waals surface area contributed by atoms with E-state index in [2.05, 4.69) is 10.3 Å². The van der Waals surface area contributed by atoms with Crippen LogP contribution < -0.4 is 14.8 Å². The molecule has 31 heavy (non-hydrogen) atoms. The first-order valence-electron chi connectivity index (χ1n) is 9.77. The van der Waals surface area contributed by atoms with Gasteiger partial charge in [-0.1, -0.05) is 24.3 Å². The zero-order valence-electron chi connectivity index (χ0n) is 17.2. The number of amides is 1. The fraction of sp³-hybridized carbons (Fsp3) is 0.167. The summed E-state index contributed by atoms with van der Waals surface area (Å²) in [6.45, 7) is 0.427. The van der Waals surface area contributed by atoms with E-state index in [1.807, 2.05) is 28.8 Å². The zero-order chi connectivity index (χ0) is 21.8. The second-order valence-electron chi connectivity index (χ2n) is 7.03. The van der Waals surface area contributed by atoms with Crippen LogP contribution in [0.1, 0.15) is 22.0 Å². The van der Waals surface area contributed by atoms with E-state index in [0.717, 1.165) is 16.6 Å². The first kappa shape index (κ1) is 20.4. The van der Waals surface area contributed by atoms with Crippen LogP contribution >= 0.6 is 0 Å². The van der Waals surface area contributed by atoms with Crippen molar-refractivity contribution in [1.29, 1.82) is 0 Å². The van der Waals surface area contributed by atoms with E-state index in [1.165, 1.54) is 19.2 Å². The molecule has 1 amide bonds. The molecule has 7 heteroatoms. The lowest BCUT2D eigenvalue weighted by molar-refractivity contribution is 0.0929. The number of halogens is 1. The Morgan fingerprint density at radius 2 is 1.84 bits per heavy atom. The highest BCUT2D eigenvalue weighted by Crippen LogP contribution is 2.26. The molecule has 0 saturated carbocycles. The Bertz CT molecular complexity index is 1200. The van der Waals surface area contributed by atoms with E-state index in [-0.39, 0.29) is 11.7 Å². The molecule has 0 spiro atoms. The van der Waals surface area contributed by atoms with Crippen molar-refractivity contribution < 1.29 is 18.7 Å². The molecular weight excluding hydrogens is 397 g/mol. The highest BCUT2D eigenvalue weighted by Gasteiger charge is 2.20. The van der Waals surface area contributed by atoms with Crippen LogP contribution in [-0.4, -0.2) is 29.7 Å². The van der Waals surface area contributed by atoms with Gasteiger partial charge >= 0.3 is 0 Å². The van der Waals surface area contributed by atoms with Crippen LogP contribution in [0.3, 0.4) is 0 Å². The topological polar surface area (TPSA) is 65.4 Å². The number of nitrogens with one attached hydrogen (secondary N) is 1. The van der Waals surface area contributed by atoms with Crippen molar-refractivity contribution in [2.24, 2.45) is 0 Å². The predicted octanol–water partition coefficient (Wildman–Crippen LogP) is 4.36. The lowest BCUT2D eigenvalue weighted by atomic mass is 10.1. The number of ether oxygens (including phenoxy) is 2.